The third kappa shape index (κ3) is 6.74. The van der Waals surface area contributed by atoms with E-state index in [0.29, 0.717) is 5.75 Å². The zero-order valence-corrected chi connectivity index (χ0v) is 12.7. The van der Waals surface area contributed by atoms with Gasteiger partial charge in [-0.3, -0.25) is 4.79 Å². The second-order valence-corrected chi connectivity index (χ2v) is 6.61. The predicted octanol–water partition coefficient (Wildman–Crippen LogP) is 4.02. The van der Waals surface area contributed by atoms with Crippen LogP contribution in [0.3, 0.4) is 0 Å². The minimum atomic E-state index is -0.394. The summed E-state index contributed by atoms with van der Waals surface area (Å²) < 4.78 is 6.30. The lowest BCUT2D eigenvalue weighted by molar-refractivity contribution is -0.151. The summed E-state index contributed by atoms with van der Waals surface area (Å²) in [6.45, 7) is 5.64. The number of ether oxygens (including phenoxy) is 1. The average Bonchev–Trinajstić information content (AvgIpc) is 2.18. The highest BCUT2D eigenvalue weighted by atomic mass is 79.9. The third-order valence-corrected chi connectivity index (χ3v) is 3.33. The lowest BCUT2D eigenvalue weighted by Gasteiger charge is -2.19. The minimum Gasteiger partial charge on any atom is -0.459 e. The molecule has 0 saturated heterocycles. The zero-order chi connectivity index (χ0) is 12.9. The summed E-state index contributed by atoms with van der Waals surface area (Å²) in [5, 5.41) is 0. The fourth-order valence-electron chi connectivity index (χ4n) is 1.20. The molecule has 1 rings (SSSR count). The number of rotatable bonds is 4. The molecule has 0 amide bonds. The first-order valence-electron chi connectivity index (χ1n) is 5.41. The van der Waals surface area contributed by atoms with Gasteiger partial charge in [0.15, 0.2) is 0 Å². The van der Waals surface area contributed by atoms with E-state index in [2.05, 4.69) is 15.9 Å². The summed E-state index contributed by atoms with van der Waals surface area (Å²) in [4.78, 5) is 11.5. The Morgan fingerprint density at radius 1 is 1.29 bits per heavy atom. The van der Waals surface area contributed by atoms with Gasteiger partial charge in [0.1, 0.15) is 5.60 Å². The Kier molecular flexibility index (Phi) is 5.53. The molecule has 0 radical (unpaired) electrons. The SMILES string of the molecule is CC(C)(C)OC(=O)CSCc1ccc(Br)cc1. The van der Waals surface area contributed by atoms with E-state index in [1.807, 2.05) is 45.0 Å². The lowest BCUT2D eigenvalue weighted by Crippen LogP contribution is -2.24. The Morgan fingerprint density at radius 2 is 1.88 bits per heavy atom. The molecule has 2 nitrogen and oxygen atoms in total. The molecule has 0 spiro atoms. The van der Waals surface area contributed by atoms with Crippen molar-refractivity contribution in [2.75, 3.05) is 5.75 Å². The maximum Gasteiger partial charge on any atom is 0.316 e. The molecule has 0 aliphatic heterocycles. The van der Waals surface area contributed by atoms with Gasteiger partial charge in [-0.1, -0.05) is 28.1 Å². The molecule has 0 bridgehead atoms. The first-order chi connectivity index (χ1) is 7.87. The second kappa shape index (κ2) is 6.45. The quantitative estimate of drug-likeness (QED) is 0.785. The van der Waals surface area contributed by atoms with Crippen LogP contribution in [0.4, 0.5) is 0 Å². The van der Waals surface area contributed by atoms with Crippen LogP contribution < -0.4 is 0 Å². The molecular weight excluding hydrogens is 300 g/mol. The highest BCUT2D eigenvalue weighted by molar-refractivity contribution is 9.10. The Labute approximate surface area is 115 Å². The summed E-state index contributed by atoms with van der Waals surface area (Å²) in [5.74, 6) is 1.07. The van der Waals surface area contributed by atoms with E-state index < -0.39 is 5.60 Å². The van der Waals surface area contributed by atoms with Crippen LogP contribution in [0.5, 0.6) is 0 Å². The van der Waals surface area contributed by atoms with Crippen LogP contribution in [0.2, 0.25) is 0 Å². The Bertz CT molecular complexity index is 368. The molecule has 0 N–H and O–H groups in total. The normalized spacial score (nSPS) is 11.3. The molecule has 1 aromatic rings. The summed E-state index contributed by atoms with van der Waals surface area (Å²) >= 11 is 4.96. The van der Waals surface area contributed by atoms with Crippen molar-refractivity contribution < 1.29 is 9.53 Å². The van der Waals surface area contributed by atoms with Gasteiger partial charge in [-0.2, -0.15) is 0 Å². The number of hydrogen-bond donors (Lipinski definition) is 0. The van der Waals surface area contributed by atoms with Crippen LogP contribution in [0, 0.1) is 0 Å². The van der Waals surface area contributed by atoms with Crippen LogP contribution in [-0.4, -0.2) is 17.3 Å². The van der Waals surface area contributed by atoms with Crippen molar-refractivity contribution >= 4 is 33.7 Å². The maximum atomic E-state index is 11.5. The van der Waals surface area contributed by atoms with Crippen molar-refractivity contribution in [2.45, 2.75) is 32.1 Å². The van der Waals surface area contributed by atoms with Gasteiger partial charge in [0.2, 0.25) is 0 Å². The second-order valence-electron chi connectivity index (χ2n) is 4.71. The summed E-state index contributed by atoms with van der Waals surface area (Å²) in [7, 11) is 0. The number of halogens is 1. The van der Waals surface area contributed by atoms with Gasteiger partial charge in [-0.15, -0.1) is 11.8 Å². The molecule has 0 atom stereocenters. The van der Waals surface area contributed by atoms with E-state index in [4.69, 9.17) is 4.74 Å². The van der Waals surface area contributed by atoms with Gasteiger partial charge >= 0.3 is 5.97 Å². The fourth-order valence-corrected chi connectivity index (χ4v) is 2.22. The van der Waals surface area contributed by atoms with Crippen LogP contribution >= 0.6 is 27.7 Å². The molecule has 0 fully saturated rings. The largest absolute Gasteiger partial charge is 0.459 e. The van der Waals surface area contributed by atoms with Crippen molar-refractivity contribution in [2.24, 2.45) is 0 Å². The van der Waals surface area contributed by atoms with E-state index >= 15 is 0 Å². The van der Waals surface area contributed by atoms with E-state index in [9.17, 15) is 4.79 Å². The number of thioether (sulfide) groups is 1. The first kappa shape index (κ1) is 14.6. The molecule has 0 aromatic heterocycles. The standard InChI is InChI=1S/C13H17BrO2S/c1-13(2,3)16-12(15)9-17-8-10-4-6-11(14)7-5-10/h4-7H,8-9H2,1-3H3. The molecule has 0 aliphatic carbocycles. The van der Waals surface area contributed by atoms with Gasteiger partial charge in [0, 0.05) is 10.2 Å². The molecule has 0 heterocycles. The van der Waals surface area contributed by atoms with Gasteiger partial charge in [-0.05, 0) is 38.5 Å². The van der Waals surface area contributed by atoms with Crippen molar-refractivity contribution in [3.8, 4) is 0 Å². The van der Waals surface area contributed by atoms with Gasteiger partial charge in [0.25, 0.3) is 0 Å². The summed E-state index contributed by atoms with van der Waals surface area (Å²) in [6, 6.07) is 8.10. The predicted molar refractivity (Wildman–Crippen MR) is 76.1 cm³/mol. The molecule has 1 aromatic carbocycles. The van der Waals surface area contributed by atoms with Crippen molar-refractivity contribution in [1.29, 1.82) is 0 Å². The van der Waals surface area contributed by atoms with Crippen LogP contribution in [0.25, 0.3) is 0 Å². The van der Waals surface area contributed by atoms with Crippen molar-refractivity contribution in [3.63, 3.8) is 0 Å². The van der Waals surface area contributed by atoms with E-state index in [1.165, 1.54) is 5.56 Å². The summed E-state index contributed by atoms with van der Waals surface area (Å²) in [6.07, 6.45) is 0. The monoisotopic (exact) mass is 316 g/mol. The molecular formula is C13H17BrO2S. The van der Waals surface area contributed by atoms with E-state index in [1.54, 1.807) is 11.8 Å². The maximum absolute atomic E-state index is 11.5. The van der Waals surface area contributed by atoms with Gasteiger partial charge in [-0.25, -0.2) is 0 Å². The molecule has 0 saturated carbocycles. The van der Waals surface area contributed by atoms with Crippen molar-refractivity contribution in [1.82, 2.24) is 0 Å². The van der Waals surface area contributed by atoms with Crippen molar-refractivity contribution in [3.05, 3.63) is 34.3 Å². The molecule has 4 heteroatoms. The highest BCUT2D eigenvalue weighted by Crippen LogP contribution is 2.17. The number of esters is 1. The number of benzene rings is 1. The molecule has 17 heavy (non-hydrogen) atoms. The first-order valence-corrected chi connectivity index (χ1v) is 7.35. The van der Waals surface area contributed by atoms with E-state index in [0.717, 1.165) is 10.2 Å². The third-order valence-electron chi connectivity index (χ3n) is 1.82. The zero-order valence-electron chi connectivity index (χ0n) is 10.3. The number of carbonyl (C=O) groups excluding carboxylic acids is 1. The topological polar surface area (TPSA) is 26.3 Å². The number of hydrogen-bond acceptors (Lipinski definition) is 3. The van der Waals surface area contributed by atoms with Crippen LogP contribution in [-0.2, 0) is 15.3 Å². The van der Waals surface area contributed by atoms with E-state index in [-0.39, 0.29) is 5.97 Å². The molecule has 0 aliphatic rings. The van der Waals surface area contributed by atoms with Gasteiger partial charge < -0.3 is 4.74 Å². The Hall–Kier alpha value is -0.480. The van der Waals surface area contributed by atoms with Gasteiger partial charge in [0.05, 0.1) is 5.75 Å². The number of carbonyl (C=O) groups is 1. The molecule has 0 unspecified atom stereocenters. The average molecular weight is 317 g/mol. The molecule has 94 valence electrons. The Balaban J connectivity index is 2.28. The fraction of sp³-hybridized carbons (Fsp3) is 0.462. The van der Waals surface area contributed by atoms with Crippen LogP contribution in [0.1, 0.15) is 26.3 Å². The Morgan fingerprint density at radius 3 is 2.41 bits per heavy atom. The lowest BCUT2D eigenvalue weighted by atomic mass is 10.2. The highest BCUT2D eigenvalue weighted by Gasteiger charge is 2.15. The summed E-state index contributed by atoms with van der Waals surface area (Å²) in [5.41, 5.74) is 0.816. The minimum absolute atomic E-state index is 0.153. The smallest absolute Gasteiger partial charge is 0.316 e. The van der Waals surface area contributed by atoms with Crippen LogP contribution in [0.15, 0.2) is 28.7 Å².